The van der Waals surface area contributed by atoms with Gasteiger partial charge in [0.15, 0.2) is 7.05 Å². The quantitative estimate of drug-likeness (QED) is 0.413. The summed E-state index contributed by atoms with van der Waals surface area (Å²) >= 11 is 0. The van der Waals surface area contributed by atoms with Gasteiger partial charge in [0.1, 0.15) is 12.4 Å². The number of rotatable bonds is 1. The van der Waals surface area contributed by atoms with E-state index in [4.69, 9.17) is 5.84 Å². The maximum Gasteiger partial charge on any atom is 0.295 e. The molecule has 2 N–H and O–H groups in total. The smallest absolute Gasteiger partial charge is 0.295 e. The second-order valence-corrected chi connectivity index (χ2v) is 1.68. The molecular weight excluding hydrogens is 120 g/mol. The van der Waals surface area contributed by atoms with Gasteiger partial charge in [0.05, 0.1) is 0 Å². The third-order valence-corrected chi connectivity index (χ3v) is 0.951. The Morgan fingerprint density at radius 2 is 2.56 bits per heavy atom. The lowest BCUT2D eigenvalue weighted by Crippen LogP contribution is -2.07. The molecule has 5 heteroatoms. The topological polar surface area (TPSA) is 63.9 Å². The SMILES string of the molecule is C[N+](=O)c1cnn(N)c1. The van der Waals surface area contributed by atoms with Crippen LogP contribution < -0.4 is 5.84 Å². The Balaban J connectivity index is 2.98. The van der Waals surface area contributed by atoms with Crippen LogP contribution in [0, 0.1) is 4.91 Å². The van der Waals surface area contributed by atoms with Crippen LogP contribution in [0.15, 0.2) is 12.4 Å². The molecule has 0 saturated heterocycles. The van der Waals surface area contributed by atoms with Gasteiger partial charge >= 0.3 is 0 Å². The molecule has 1 aromatic heterocycles. The first-order chi connectivity index (χ1) is 4.20. The van der Waals surface area contributed by atoms with Crippen molar-refractivity contribution in [2.75, 3.05) is 12.9 Å². The number of hydrogen-bond acceptors (Lipinski definition) is 3. The van der Waals surface area contributed by atoms with Crippen molar-refractivity contribution < 1.29 is 4.76 Å². The molecule has 0 aromatic carbocycles. The Morgan fingerprint density at radius 1 is 1.89 bits per heavy atom. The number of nitrogens with zero attached hydrogens (tertiary/aromatic N) is 3. The lowest BCUT2D eigenvalue weighted by atomic mass is 10.6. The Hall–Kier alpha value is -1.39. The van der Waals surface area contributed by atoms with Gasteiger partial charge in [-0.05, 0) is 0 Å². The highest BCUT2D eigenvalue weighted by molar-refractivity contribution is 5.19. The Kier molecular flexibility index (Phi) is 1.18. The largest absolute Gasteiger partial charge is 0.323 e. The summed E-state index contributed by atoms with van der Waals surface area (Å²) in [6, 6.07) is 0. The average Bonchev–Trinajstić information content (AvgIpc) is 2.14. The van der Waals surface area contributed by atoms with E-state index in [0.29, 0.717) is 10.4 Å². The van der Waals surface area contributed by atoms with Crippen molar-refractivity contribution in [3.05, 3.63) is 17.3 Å². The normalized spacial score (nSPS) is 9.44. The number of aromatic nitrogens is 2. The summed E-state index contributed by atoms with van der Waals surface area (Å²) in [6.45, 7) is 0. The van der Waals surface area contributed by atoms with Crippen molar-refractivity contribution in [3.8, 4) is 0 Å². The van der Waals surface area contributed by atoms with Crippen LogP contribution in [-0.4, -0.2) is 21.7 Å². The number of nitroso groups, excluding NO2 is 1. The monoisotopic (exact) mass is 127 g/mol. The van der Waals surface area contributed by atoms with Gasteiger partial charge in [0.2, 0.25) is 0 Å². The molecule has 1 rings (SSSR count). The molecule has 0 spiro atoms. The molecule has 0 fully saturated rings. The predicted octanol–water partition coefficient (Wildman–Crippen LogP) is -0.363. The molecule has 0 saturated carbocycles. The first kappa shape index (κ1) is 5.74. The fraction of sp³-hybridized carbons (Fsp3) is 0.250. The van der Waals surface area contributed by atoms with Crippen LogP contribution in [0.1, 0.15) is 0 Å². The highest BCUT2D eigenvalue weighted by Crippen LogP contribution is 2.03. The molecule has 0 unspecified atom stereocenters. The van der Waals surface area contributed by atoms with Crippen molar-refractivity contribution >= 4 is 5.69 Å². The predicted molar refractivity (Wildman–Crippen MR) is 31.6 cm³/mol. The van der Waals surface area contributed by atoms with Crippen molar-refractivity contribution in [1.82, 2.24) is 9.89 Å². The summed E-state index contributed by atoms with van der Waals surface area (Å²) in [4.78, 5) is 11.6. The minimum Gasteiger partial charge on any atom is -0.323 e. The molecule has 5 nitrogen and oxygen atoms in total. The van der Waals surface area contributed by atoms with Gasteiger partial charge in [-0.25, -0.2) is 0 Å². The molecule has 1 aromatic rings. The van der Waals surface area contributed by atoms with Gasteiger partial charge in [-0.1, -0.05) is 0 Å². The summed E-state index contributed by atoms with van der Waals surface area (Å²) in [6.07, 6.45) is 2.83. The molecule has 0 amide bonds. The second kappa shape index (κ2) is 1.85. The van der Waals surface area contributed by atoms with Gasteiger partial charge in [0.25, 0.3) is 5.69 Å². The molecule has 9 heavy (non-hydrogen) atoms. The molecule has 0 radical (unpaired) electrons. The van der Waals surface area contributed by atoms with Crippen molar-refractivity contribution in [2.45, 2.75) is 0 Å². The summed E-state index contributed by atoms with van der Waals surface area (Å²) in [5.41, 5.74) is 0.456. The fourth-order valence-corrected chi connectivity index (χ4v) is 0.491. The van der Waals surface area contributed by atoms with Gasteiger partial charge in [0, 0.05) is 9.67 Å². The Morgan fingerprint density at radius 3 is 2.78 bits per heavy atom. The highest BCUT2D eigenvalue weighted by Gasteiger charge is 2.07. The van der Waals surface area contributed by atoms with E-state index in [2.05, 4.69) is 5.10 Å². The van der Waals surface area contributed by atoms with E-state index in [1.54, 1.807) is 0 Å². The number of nitrogen functional groups attached to an aromatic ring is 1. The molecule has 0 aliphatic carbocycles. The Bertz CT molecular complexity index is 228. The number of hydrogen-bond donors (Lipinski definition) is 1. The maximum absolute atomic E-state index is 10.5. The average molecular weight is 127 g/mol. The summed E-state index contributed by atoms with van der Waals surface area (Å²) in [7, 11) is 1.39. The lowest BCUT2D eigenvalue weighted by molar-refractivity contribution is -0.428. The van der Waals surface area contributed by atoms with Crippen LogP contribution in [0.4, 0.5) is 5.69 Å². The molecule has 0 aliphatic heterocycles. The molecule has 1 heterocycles. The van der Waals surface area contributed by atoms with Crippen LogP contribution >= 0.6 is 0 Å². The zero-order valence-corrected chi connectivity index (χ0v) is 4.98. The van der Waals surface area contributed by atoms with E-state index in [1.165, 1.54) is 19.4 Å². The van der Waals surface area contributed by atoms with Crippen molar-refractivity contribution in [3.63, 3.8) is 0 Å². The highest BCUT2D eigenvalue weighted by atomic mass is 16.3. The van der Waals surface area contributed by atoms with Crippen LogP contribution in [0.2, 0.25) is 0 Å². The molecule has 0 atom stereocenters. The van der Waals surface area contributed by atoms with Gasteiger partial charge in [-0.3, -0.25) is 0 Å². The number of nitrogens with two attached hydrogens (primary N) is 1. The lowest BCUT2D eigenvalue weighted by Gasteiger charge is -1.78. The van der Waals surface area contributed by atoms with E-state index >= 15 is 0 Å². The van der Waals surface area contributed by atoms with E-state index in [1.807, 2.05) is 0 Å². The van der Waals surface area contributed by atoms with Gasteiger partial charge < -0.3 is 5.84 Å². The summed E-state index contributed by atoms with van der Waals surface area (Å²) in [5.74, 6) is 5.16. The zero-order chi connectivity index (χ0) is 6.85. The standard InChI is InChI=1S/C4H7N4O/c1-7(9)4-2-6-8(5)3-4/h2-3H,5H2,1H3/q+1. The van der Waals surface area contributed by atoms with Gasteiger partial charge in [-0.2, -0.15) is 9.89 Å². The van der Waals surface area contributed by atoms with Crippen LogP contribution in [0.3, 0.4) is 0 Å². The minimum absolute atomic E-state index is 0.456. The molecule has 48 valence electrons. The van der Waals surface area contributed by atoms with E-state index in [0.717, 1.165) is 4.79 Å². The van der Waals surface area contributed by atoms with E-state index in [9.17, 15) is 4.91 Å². The van der Waals surface area contributed by atoms with Crippen LogP contribution in [-0.2, 0) is 0 Å². The maximum atomic E-state index is 10.5. The van der Waals surface area contributed by atoms with Crippen LogP contribution in [0.25, 0.3) is 0 Å². The fourth-order valence-electron chi connectivity index (χ4n) is 0.491. The van der Waals surface area contributed by atoms with Gasteiger partial charge in [-0.15, -0.1) is 0 Å². The molecule has 0 bridgehead atoms. The molecular formula is C4H7N4O+. The Labute approximate surface area is 51.6 Å². The van der Waals surface area contributed by atoms with E-state index in [-0.39, 0.29) is 0 Å². The third kappa shape index (κ3) is 1.04. The van der Waals surface area contributed by atoms with Crippen molar-refractivity contribution in [2.24, 2.45) is 0 Å². The van der Waals surface area contributed by atoms with E-state index < -0.39 is 0 Å². The third-order valence-electron chi connectivity index (χ3n) is 0.951. The summed E-state index contributed by atoms with van der Waals surface area (Å²) in [5, 5.41) is 3.59. The summed E-state index contributed by atoms with van der Waals surface area (Å²) < 4.78 is 0.691. The zero-order valence-electron chi connectivity index (χ0n) is 4.98. The first-order valence-corrected chi connectivity index (χ1v) is 2.41. The molecule has 0 aliphatic rings. The van der Waals surface area contributed by atoms with Crippen LogP contribution in [0.5, 0.6) is 0 Å². The first-order valence-electron chi connectivity index (χ1n) is 2.41. The minimum atomic E-state index is 0.456. The van der Waals surface area contributed by atoms with Crippen molar-refractivity contribution in [1.29, 1.82) is 0 Å². The second-order valence-electron chi connectivity index (χ2n) is 1.68.